The highest BCUT2D eigenvalue weighted by atomic mass is 15.2. The summed E-state index contributed by atoms with van der Waals surface area (Å²) in [6.07, 6.45) is 0. The van der Waals surface area contributed by atoms with E-state index in [-0.39, 0.29) is 13.4 Å². The Morgan fingerprint density at radius 3 is 1.13 bits per heavy atom. The molecule has 1 nitrogen and oxygen atoms in total. The largest absolute Gasteiger partial charge is 0.312 e. The summed E-state index contributed by atoms with van der Waals surface area (Å²) in [5.74, 6) is 0. The minimum absolute atomic E-state index is 0.132. The number of hydrogen-bond donors (Lipinski definition) is 0. The Morgan fingerprint density at radius 2 is 0.711 bits per heavy atom. The van der Waals surface area contributed by atoms with Crippen LogP contribution < -0.4 is 37.7 Å². The predicted octanol–water partition coefficient (Wildman–Crippen LogP) is 6.15. The summed E-state index contributed by atoms with van der Waals surface area (Å²) in [6.45, 7) is 0.264. The van der Waals surface area contributed by atoms with Crippen LogP contribution >= 0.6 is 0 Å². The highest BCUT2D eigenvalue weighted by Gasteiger charge is 2.43. The maximum Gasteiger partial charge on any atom is 0.246 e. The monoisotopic (exact) mass is 569 g/mol. The van der Waals surface area contributed by atoms with Gasteiger partial charge in [0.15, 0.2) is 0 Å². The number of hydrogen-bond acceptors (Lipinski definition) is 1. The first-order valence-electron chi connectivity index (χ1n) is 15.8. The van der Waals surface area contributed by atoms with Gasteiger partial charge in [0, 0.05) is 17.1 Å². The molecule has 7 aromatic rings. The van der Waals surface area contributed by atoms with Gasteiger partial charge >= 0.3 is 0 Å². The summed E-state index contributed by atoms with van der Waals surface area (Å²) >= 11 is 0. The van der Waals surface area contributed by atoms with Crippen LogP contribution in [0.5, 0.6) is 0 Å². The van der Waals surface area contributed by atoms with E-state index in [9.17, 15) is 0 Å². The van der Waals surface area contributed by atoms with Crippen LogP contribution in [0.3, 0.4) is 0 Å². The van der Waals surface area contributed by atoms with Gasteiger partial charge in [-0.2, -0.15) is 0 Å². The van der Waals surface area contributed by atoms with Crippen molar-refractivity contribution in [1.29, 1.82) is 0 Å². The minimum Gasteiger partial charge on any atom is -0.312 e. The molecule has 0 saturated heterocycles. The number of para-hydroxylation sites is 1. The number of nitrogens with zero attached hydrogens (tertiary/aromatic N) is 1. The van der Waals surface area contributed by atoms with Crippen LogP contribution in [-0.4, -0.2) is 13.4 Å². The summed E-state index contributed by atoms with van der Waals surface area (Å²) in [5, 5.41) is 0. The van der Waals surface area contributed by atoms with E-state index in [2.05, 4.69) is 181 Å². The van der Waals surface area contributed by atoms with E-state index < -0.39 is 0 Å². The van der Waals surface area contributed by atoms with Crippen molar-refractivity contribution in [2.45, 2.75) is 0 Å². The average molecular weight is 569 g/mol. The zero-order valence-electron chi connectivity index (χ0n) is 24.8. The molecule has 0 atom stereocenters. The molecule has 0 fully saturated rings. The molecule has 0 spiro atoms. The third kappa shape index (κ3) is 4.19. The van der Waals surface area contributed by atoms with Crippen LogP contribution in [0.25, 0.3) is 22.3 Å². The lowest BCUT2D eigenvalue weighted by Gasteiger charge is -2.44. The van der Waals surface area contributed by atoms with Gasteiger partial charge in [-0.3, -0.25) is 0 Å². The van der Waals surface area contributed by atoms with E-state index in [0.717, 1.165) is 0 Å². The standard InChI is InChI=1S/C42H29B2N/c1-5-14-30(15-6-1)32-24-26-36-40(28-32)45-41-29-33(31-16-7-2-8-17-31)25-27-37(41)44(35-20-11-4-12-21-35)39-23-13-22-38(42(39)45)43(36)34-18-9-3-10-19-34/h1-29H. The van der Waals surface area contributed by atoms with Gasteiger partial charge in [-0.1, -0.05) is 175 Å². The second-order valence-corrected chi connectivity index (χ2v) is 12.1. The van der Waals surface area contributed by atoms with Crippen molar-refractivity contribution in [2.75, 3.05) is 4.90 Å². The molecule has 2 aliphatic rings. The second-order valence-electron chi connectivity index (χ2n) is 12.1. The fraction of sp³-hybridized carbons (Fsp3) is 0. The van der Waals surface area contributed by atoms with E-state index in [1.807, 2.05) is 0 Å². The van der Waals surface area contributed by atoms with Crippen molar-refractivity contribution in [3.63, 3.8) is 0 Å². The first-order valence-corrected chi connectivity index (χ1v) is 15.8. The van der Waals surface area contributed by atoms with Gasteiger partial charge in [0.25, 0.3) is 0 Å². The molecule has 7 aromatic carbocycles. The highest BCUT2D eigenvalue weighted by Crippen LogP contribution is 2.40. The Balaban J connectivity index is 1.37. The molecule has 0 amide bonds. The van der Waals surface area contributed by atoms with Gasteiger partial charge in [0.2, 0.25) is 13.4 Å². The minimum atomic E-state index is 0.132. The molecule has 208 valence electrons. The number of fused-ring (bicyclic) bond motifs is 4. The lowest BCUT2D eigenvalue weighted by Crippen LogP contribution is -2.64. The smallest absolute Gasteiger partial charge is 0.246 e. The fourth-order valence-corrected chi connectivity index (χ4v) is 7.60. The molecule has 0 saturated carbocycles. The number of benzene rings is 7. The first-order chi connectivity index (χ1) is 22.3. The summed E-state index contributed by atoms with van der Waals surface area (Å²) in [5.41, 5.74) is 16.8. The molecule has 0 aromatic heterocycles. The van der Waals surface area contributed by atoms with Crippen molar-refractivity contribution >= 4 is 63.3 Å². The van der Waals surface area contributed by atoms with Crippen LogP contribution in [0, 0.1) is 0 Å². The number of anilines is 3. The Hall–Kier alpha value is -5.53. The molecular weight excluding hydrogens is 540 g/mol. The molecule has 2 heterocycles. The van der Waals surface area contributed by atoms with Crippen molar-refractivity contribution in [3.8, 4) is 22.3 Å². The van der Waals surface area contributed by atoms with Gasteiger partial charge in [-0.25, -0.2) is 0 Å². The van der Waals surface area contributed by atoms with Crippen LogP contribution in [-0.2, 0) is 0 Å². The van der Waals surface area contributed by atoms with E-state index in [4.69, 9.17) is 0 Å². The molecule has 3 heteroatoms. The number of rotatable bonds is 4. The van der Waals surface area contributed by atoms with Crippen molar-refractivity contribution in [1.82, 2.24) is 0 Å². The van der Waals surface area contributed by atoms with Crippen molar-refractivity contribution in [3.05, 3.63) is 176 Å². The van der Waals surface area contributed by atoms with Gasteiger partial charge < -0.3 is 4.90 Å². The summed E-state index contributed by atoms with van der Waals surface area (Å²) < 4.78 is 0. The molecular formula is C42H29B2N. The summed E-state index contributed by atoms with van der Waals surface area (Å²) in [4.78, 5) is 2.58. The third-order valence-electron chi connectivity index (χ3n) is 9.59. The van der Waals surface area contributed by atoms with Gasteiger partial charge in [-0.15, -0.1) is 0 Å². The summed E-state index contributed by atoms with van der Waals surface area (Å²) in [6, 6.07) is 64.7. The van der Waals surface area contributed by atoms with Crippen LogP contribution in [0.15, 0.2) is 176 Å². The van der Waals surface area contributed by atoms with Gasteiger partial charge in [0.1, 0.15) is 0 Å². The van der Waals surface area contributed by atoms with Gasteiger partial charge in [0.05, 0.1) is 0 Å². The van der Waals surface area contributed by atoms with E-state index in [0.29, 0.717) is 0 Å². The molecule has 0 radical (unpaired) electrons. The molecule has 0 N–H and O–H groups in total. The van der Waals surface area contributed by atoms with Crippen LogP contribution in [0.1, 0.15) is 0 Å². The zero-order chi connectivity index (χ0) is 29.7. The Kier molecular flexibility index (Phi) is 6.09. The van der Waals surface area contributed by atoms with E-state index in [1.165, 1.54) is 72.1 Å². The van der Waals surface area contributed by atoms with Crippen molar-refractivity contribution in [2.24, 2.45) is 0 Å². The fourth-order valence-electron chi connectivity index (χ4n) is 7.60. The predicted molar refractivity (Wildman–Crippen MR) is 194 cm³/mol. The first kappa shape index (κ1) is 25.9. The lowest BCUT2D eigenvalue weighted by molar-refractivity contribution is 1.30. The van der Waals surface area contributed by atoms with E-state index >= 15 is 0 Å². The van der Waals surface area contributed by atoms with E-state index in [1.54, 1.807) is 0 Å². The van der Waals surface area contributed by atoms with Crippen LogP contribution in [0.2, 0.25) is 0 Å². The Morgan fingerprint density at radius 1 is 0.311 bits per heavy atom. The third-order valence-corrected chi connectivity index (χ3v) is 9.59. The normalized spacial score (nSPS) is 12.8. The lowest BCUT2D eigenvalue weighted by atomic mass is 9.30. The highest BCUT2D eigenvalue weighted by molar-refractivity contribution is 7.02. The maximum absolute atomic E-state index is 2.58. The topological polar surface area (TPSA) is 3.24 Å². The quantitative estimate of drug-likeness (QED) is 0.230. The van der Waals surface area contributed by atoms with Crippen LogP contribution in [0.4, 0.5) is 17.1 Å². The molecule has 2 aliphatic heterocycles. The Bertz CT molecular complexity index is 2010. The SMILES string of the molecule is c1ccc(B2c3ccc(-c4ccccc4)cc3N3c4cc(-c5ccccc5)ccc4B(c4ccccc4)c4cccc2c43)cc1. The molecule has 45 heavy (non-hydrogen) atoms. The molecule has 9 rings (SSSR count). The van der Waals surface area contributed by atoms with Crippen molar-refractivity contribution < 1.29 is 0 Å². The van der Waals surface area contributed by atoms with Gasteiger partial charge in [-0.05, 0) is 56.2 Å². The molecule has 0 unspecified atom stereocenters. The Labute approximate surface area is 265 Å². The molecule has 0 aliphatic carbocycles. The molecule has 0 bridgehead atoms. The average Bonchev–Trinajstić information content (AvgIpc) is 3.12. The summed E-state index contributed by atoms with van der Waals surface area (Å²) in [7, 11) is 0. The maximum atomic E-state index is 2.58. The second kappa shape index (κ2) is 10.6. The zero-order valence-corrected chi connectivity index (χ0v) is 24.8.